The molecule has 2 aromatic rings. The average molecular weight is 385 g/mol. The fourth-order valence-corrected chi connectivity index (χ4v) is 3.05. The van der Waals surface area contributed by atoms with E-state index in [9.17, 15) is 14.0 Å². The molecule has 2 amide bonds. The Balaban J connectivity index is 2.02. The van der Waals surface area contributed by atoms with Crippen LogP contribution < -0.4 is 16.4 Å². The predicted octanol–water partition coefficient (Wildman–Crippen LogP) is 4.02. The van der Waals surface area contributed by atoms with Crippen LogP contribution in [0.5, 0.6) is 0 Å². The van der Waals surface area contributed by atoms with Gasteiger partial charge >= 0.3 is 0 Å². The second-order valence-corrected chi connectivity index (χ2v) is 6.97. The van der Waals surface area contributed by atoms with Gasteiger partial charge in [0.15, 0.2) is 0 Å². The van der Waals surface area contributed by atoms with Gasteiger partial charge in [0.2, 0.25) is 5.91 Å². The van der Waals surface area contributed by atoms with Crippen molar-refractivity contribution in [3.63, 3.8) is 0 Å². The van der Waals surface area contributed by atoms with E-state index in [-0.39, 0.29) is 23.7 Å². The van der Waals surface area contributed by atoms with Gasteiger partial charge in [-0.1, -0.05) is 26.0 Å². The van der Waals surface area contributed by atoms with Gasteiger partial charge in [0.25, 0.3) is 5.91 Å². The van der Waals surface area contributed by atoms with Crippen molar-refractivity contribution in [2.24, 2.45) is 11.1 Å². The van der Waals surface area contributed by atoms with Crippen molar-refractivity contribution in [1.29, 1.82) is 0 Å². The molecule has 28 heavy (non-hydrogen) atoms. The van der Waals surface area contributed by atoms with Crippen LogP contribution in [0.2, 0.25) is 0 Å². The lowest BCUT2D eigenvalue weighted by atomic mass is 9.81. The highest BCUT2D eigenvalue weighted by atomic mass is 19.1. The summed E-state index contributed by atoms with van der Waals surface area (Å²) in [5.41, 5.74) is 7.22. The molecular weight excluding hydrogens is 357 g/mol. The molecule has 6 heteroatoms. The maximum Gasteiger partial charge on any atom is 0.255 e. The van der Waals surface area contributed by atoms with Crippen molar-refractivity contribution in [3.8, 4) is 0 Å². The zero-order valence-electron chi connectivity index (χ0n) is 16.6. The van der Waals surface area contributed by atoms with Crippen LogP contribution in [0.15, 0.2) is 48.5 Å². The van der Waals surface area contributed by atoms with Crippen LogP contribution in [-0.2, 0) is 4.79 Å². The monoisotopic (exact) mass is 385 g/mol. The van der Waals surface area contributed by atoms with Crippen LogP contribution in [-0.4, -0.2) is 18.4 Å². The van der Waals surface area contributed by atoms with Crippen molar-refractivity contribution >= 4 is 17.5 Å². The normalized spacial score (nSPS) is 12.3. The Bertz CT molecular complexity index is 791. The Labute approximate surface area is 165 Å². The van der Waals surface area contributed by atoms with Gasteiger partial charge in [0.05, 0.1) is 11.5 Å². The molecule has 1 unspecified atom stereocenters. The van der Waals surface area contributed by atoms with E-state index in [4.69, 9.17) is 5.73 Å². The molecule has 0 bridgehead atoms. The number of nitrogens with two attached hydrogens (primary N) is 1. The summed E-state index contributed by atoms with van der Waals surface area (Å²) in [5.74, 6) is -0.740. The third kappa shape index (κ3) is 4.95. The topological polar surface area (TPSA) is 84.2 Å². The maximum absolute atomic E-state index is 13.0. The summed E-state index contributed by atoms with van der Waals surface area (Å²) in [6.07, 6.45) is 1.37. The second kappa shape index (κ2) is 9.46. The smallest absolute Gasteiger partial charge is 0.255 e. The zero-order valence-corrected chi connectivity index (χ0v) is 16.6. The molecule has 2 aromatic carbocycles. The van der Waals surface area contributed by atoms with Crippen LogP contribution in [0.4, 0.5) is 10.1 Å². The minimum Gasteiger partial charge on any atom is -0.349 e. The fourth-order valence-electron chi connectivity index (χ4n) is 3.05. The number of hydrogen-bond acceptors (Lipinski definition) is 3. The molecule has 0 spiro atoms. The van der Waals surface area contributed by atoms with Crippen LogP contribution in [0, 0.1) is 11.2 Å². The van der Waals surface area contributed by atoms with E-state index in [0.717, 1.165) is 5.56 Å². The standard InChI is InChI=1S/C22H28FN3O2/c1-4-22(5-2,14-24)21(28)25-15(3)16-8-12-19(13-9-16)26-20(27)17-6-10-18(23)11-7-17/h6-13,15H,4-5,14,24H2,1-3H3,(H,25,28)(H,26,27). The Morgan fingerprint density at radius 3 is 2.11 bits per heavy atom. The minimum atomic E-state index is -0.544. The van der Waals surface area contributed by atoms with Gasteiger partial charge in [0.1, 0.15) is 5.82 Å². The fraction of sp³-hybridized carbons (Fsp3) is 0.364. The highest BCUT2D eigenvalue weighted by Gasteiger charge is 2.34. The first-order valence-electron chi connectivity index (χ1n) is 9.53. The van der Waals surface area contributed by atoms with Gasteiger partial charge in [0, 0.05) is 17.8 Å². The molecule has 0 aliphatic heterocycles. The van der Waals surface area contributed by atoms with E-state index < -0.39 is 5.41 Å². The lowest BCUT2D eigenvalue weighted by Gasteiger charge is -2.30. The molecule has 150 valence electrons. The SMILES string of the molecule is CCC(CC)(CN)C(=O)NC(C)c1ccc(NC(=O)c2ccc(F)cc2)cc1. The first-order chi connectivity index (χ1) is 13.3. The number of nitrogens with one attached hydrogen (secondary N) is 2. The van der Waals surface area contributed by atoms with Crippen LogP contribution in [0.1, 0.15) is 55.6 Å². The third-order valence-electron chi connectivity index (χ3n) is 5.35. The summed E-state index contributed by atoms with van der Waals surface area (Å²) in [6, 6.07) is 12.4. The van der Waals surface area contributed by atoms with Crippen LogP contribution in [0.3, 0.4) is 0 Å². The summed E-state index contributed by atoms with van der Waals surface area (Å²) in [6.45, 7) is 6.17. The van der Waals surface area contributed by atoms with E-state index in [1.165, 1.54) is 24.3 Å². The highest BCUT2D eigenvalue weighted by Crippen LogP contribution is 2.27. The van der Waals surface area contributed by atoms with Crippen LogP contribution in [0.25, 0.3) is 0 Å². The predicted molar refractivity (Wildman–Crippen MR) is 109 cm³/mol. The van der Waals surface area contributed by atoms with Crippen molar-refractivity contribution in [1.82, 2.24) is 5.32 Å². The number of benzene rings is 2. The molecule has 0 aliphatic rings. The van der Waals surface area contributed by atoms with Crippen molar-refractivity contribution in [3.05, 3.63) is 65.5 Å². The molecule has 0 aromatic heterocycles. The summed E-state index contributed by atoms with van der Waals surface area (Å²) in [5, 5.41) is 5.81. The molecule has 0 fully saturated rings. The molecule has 0 heterocycles. The van der Waals surface area contributed by atoms with Gasteiger partial charge in [-0.3, -0.25) is 9.59 Å². The van der Waals surface area contributed by atoms with Gasteiger partial charge in [-0.25, -0.2) is 4.39 Å². The number of carbonyl (C=O) groups is 2. The van der Waals surface area contributed by atoms with Crippen molar-refractivity contribution < 1.29 is 14.0 Å². The van der Waals surface area contributed by atoms with Gasteiger partial charge < -0.3 is 16.4 Å². The quantitative estimate of drug-likeness (QED) is 0.642. The number of anilines is 1. The van der Waals surface area contributed by atoms with Gasteiger partial charge in [-0.2, -0.15) is 0 Å². The number of rotatable bonds is 8. The van der Waals surface area contributed by atoms with Crippen molar-refractivity contribution in [2.75, 3.05) is 11.9 Å². The molecule has 0 aliphatic carbocycles. The van der Waals surface area contributed by atoms with E-state index in [1.807, 2.05) is 32.9 Å². The Hall–Kier alpha value is -2.73. The Morgan fingerprint density at radius 1 is 1.04 bits per heavy atom. The van der Waals surface area contributed by atoms with E-state index >= 15 is 0 Å². The number of hydrogen-bond donors (Lipinski definition) is 3. The number of halogens is 1. The van der Waals surface area contributed by atoms with Gasteiger partial charge in [-0.05, 0) is 61.7 Å². The van der Waals surface area contributed by atoms with Gasteiger partial charge in [-0.15, -0.1) is 0 Å². The molecule has 1 atom stereocenters. The zero-order chi connectivity index (χ0) is 20.7. The molecule has 4 N–H and O–H groups in total. The first kappa shape index (κ1) is 21.6. The second-order valence-electron chi connectivity index (χ2n) is 6.97. The largest absolute Gasteiger partial charge is 0.349 e. The van der Waals surface area contributed by atoms with Crippen molar-refractivity contribution in [2.45, 2.75) is 39.7 Å². The summed E-state index contributed by atoms with van der Waals surface area (Å²) < 4.78 is 13.0. The third-order valence-corrected chi connectivity index (χ3v) is 5.35. The van der Waals surface area contributed by atoms with Crippen LogP contribution >= 0.6 is 0 Å². The number of amides is 2. The van der Waals surface area contributed by atoms with E-state index in [0.29, 0.717) is 30.6 Å². The Morgan fingerprint density at radius 2 is 1.61 bits per heavy atom. The van der Waals surface area contributed by atoms with E-state index in [1.54, 1.807) is 12.1 Å². The average Bonchev–Trinajstić information content (AvgIpc) is 2.70. The molecule has 5 nitrogen and oxygen atoms in total. The maximum atomic E-state index is 13.0. The lowest BCUT2D eigenvalue weighted by molar-refractivity contribution is -0.131. The molecule has 0 saturated carbocycles. The molecule has 0 saturated heterocycles. The lowest BCUT2D eigenvalue weighted by Crippen LogP contribution is -2.46. The summed E-state index contributed by atoms with van der Waals surface area (Å²) in [4.78, 5) is 24.9. The molecular formula is C22H28FN3O2. The van der Waals surface area contributed by atoms with E-state index in [2.05, 4.69) is 10.6 Å². The molecule has 2 rings (SSSR count). The first-order valence-corrected chi connectivity index (χ1v) is 9.53. The number of carbonyl (C=O) groups excluding carboxylic acids is 2. The minimum absolute atomic E-state index is 0.0406. The highest BCUT2D eigenvalue weighted by molar-refractivity contribution is 6.04. The molecule has 0 radical (unpaired) electrons. The Kier molecular flexibility index (Phi) is 7.29. The summed E-state index contributed by atoms with van der Waals surface area (Å²) >= 11 is 0. The summed E-state index contributed by atoms with van der Waals surface area (Å²) in [7, 11) is 0.